The highest BCUT2D eigenvalue weighted by Gasteiger charge is 2.16. The van der Waals surface area contributed by atoms with Gasteiger partial charge in [0.05, 0.1) is 5.69 Å². The summed E-state index contributed by atoms with van der Waals surface area (Å²) >= 11 is 0. The third-order valence-corrected chi connectivity index (χ3v) is 2.78. The molecule has 92 valence electrons. The zero-order valence-corrected chi connectivity index (χ0v) is 10.4. The lowest BCUT2D eigenvalue weighted by Gasteiger charge is -2.23. The van der Waals surface area contributed by atoms with Crippen molar-refractivity contribution < 1.29 is 5.11 Å². The lowest BCUT2D eigenvalue weighted by atomic mass is 10.2. The first-order chi connectivity index (χ1) is 7.65. The molecule has 0 aromatic carbocycles. The molecule has 0 amide bonds. The summed E-state index contributed by atoms with van der Waals surface area (Å²) in [4.78, 5) is 2.21. The third kappa shape index (κ3) is 2.54. The number of hydrogen-bond donors (Lipinski definition) is 2. The average Bonchev–Trinajstić information content (AvgIpc) is 2.55. The highest BCUT2D eigenvalue weighted by Crippen LogP contribution is 2.22. The van der Waals surface area contributed by atoms with E-state index < -0.39 is 0 Å². The minimum absolute atomic E-state index is 0.214. The fourth-order valence-corrected chi connectivity index (χ4v) is 2.00. The largest absolute Gasteiger partial charge is 0.396 e. The molecule has 0 saturated heterocycles. The van der Waals surface area contributed by atoms with Crippen molar-refractivity contribution in [3.8, 4) is 0 Å². The monoisotopic (exact) mass is 226 g/mol. The maximum absolute atomic E-state index is 8.88. The molecule has 3 N–H and O–H groups in total. The van der Waals surface area contributed by atoms with Gasteiger partial charge in [-0.1, -0.05) is 0 Å². The van der Waals surface area contributed by atoms with Crippen LogP contribution in [0.1, 0.15) is 24.6 Å². The number of rotatable bonds is 6. The van der Waals surface area contributed by atoms with Crippen molar-refractivity contribution in [2.24, 2.45) is 12.8 Å². The normalized spacial score (nSPS) is 10.8. The molecule has 0 saturated carbocycles. The second kappa shape index (κ2) is 5.86. The van der Waals surface area contributed by atoms with Crippen LogP contribution in [0.15, 0.2) is 0 Å². The molecule has 0 aliphatic heterocycles. The topological polar surface area (TPSA) is 67.3 Å². The van der Waals surface area contributed by atoms with E-state index in [0.717, 1.165) is 36.6 Å². The zero-order valence-electron chi connectivity index (χ0n) is 10.4. The standard InChI is InChI=1S/C11H22N4O/c1-4-15(6-5-7-16)11-10(8-12)9(2)13-14(11)3/h16H,4-8,12H2,1-3H3. The van der Waals surface area contributed by atoms with Gasteiger partial charge >= 0.3 is 0 Å². The summed E-state index contributed by atoms with van der Waals surface area (Å²) in [6.45, 7) is 6.52. The predicted octanol–water partition coefficient (Wildman–Crippen LogP) is 0.396. The highest BCUT2D eigenvalue weighted by molar-refractivity contribution is 5.50. The van der Waals surface area contributed by atoms with Crippen LogP contribution in [-0.4, -0.2) is 34.6 Å². The number of nitrogens with zero attached hydrogens (tertiary/aromatic N) is 3. The van der Waals surface area contributed by atoms with Crippen LogP contribution >= 0.6 is 0 Å². The fraction of sp³-hybridized carbons (Fsp3) is 0.727. The van der Waals surface area contributed by atoms with E-state index >= 15 is 0 Å². The van der Waals surface area contributed by atoms with Crippen molar-refractivity contribution in [3.63, 3.8) is 0 Å². The van der Waals surface area contributed by atoms with Gasteiger partial charge < -0.3 is 15.7 Å². The van der Waals surface area contributed by atoms with Gasteiger partial charge in [-0.3, -0.25) is 4.68 Å². The number of aliphatic hydroxyl groups excluding tert-OH is 1. The van der Waals surface area contributed by atoms with Gasteiger partial charge in [0.15, 0.2) is 0 Å². The summed E-state index contributed by atoms with van der Waals surface area (Å²) in [5.41, 5.74) is 7.84. The second-order valence-corrected chi connectivity index (χ2v) is 3.87. The van der Waals surface area contributed by atoms with Crippen LogP contribution < -0.4 is 10.6 Å². The van der Waals surface area contributed by atoms with E-state index in [4.69, 9.17) is 10.8 Å². The Kier molecular flexibility index (Phi) is 4.76. The maximum atomic E-state index is 8.88. The summed E-state index contributed by atoms with van der Waals surface area (Å²) in [6.07, 6.45) is 0.766. The molecular weight excluding hydrogens is 204 g/mol. The number of aliphatic hydroxyl groups is 1. The van der Waals surface area contributed by atoms with Crippen molar-refractivity contribution in [3.05, 3.63) is 11.3 Å². The Bertz CT molecular complexity index is 335. The second-order valence-electron chi connectivity index (χ2n) is 3.87. The molecule has 5 heteroatoms. The van der Waals surface area contributed by atoms with Crippen molar-refractivity contribution in [2.75, 3.05) is 24.6 Å². The summed E-state index contributed by atoms with van der Waals surface area (Å²) in [7, 11) is 1.93. The fourth-order valence-electron chi connectivity index (χ4n) is 2.00. The van der Waals surface area contributed by atoms with Crippen LogP contribution in [0.25, 0.3) is 0 Å². The minimum atomic E-state index is 0.214. The predicted molar refractivity (Wildman–Crippen MR) is 65.4 cm³/mol. The number of nitrogens with two attached hydrogens (primary N) is 1. The van der Waals surface area contributed by atoms with Crippen molar-refractivity contribution >= 4 is 5.82 Å². The number of hydrogen-bond acceptors (Lipinski definition) is 4. The van der Waals surface area contributed by atoms with Crippen molar-refractivity contribution in [2.45, 2.75) is 26.8 Å². The van der Waals surface area contributed by atoms with Gasteiger partial charge in [0, 0.05) is 38.9 Å². The molecule has 0 aliphatic carbocycles. The van der Waals surface area contributed by atoms with Gasteiger partial charge in [-0.15, -0.1) is 0 Å². The van der Waals surface area contributed by atoms with Crippen LogP contribution in [0.2, 0.25) is 0 Å². The Morgan fingerprint density at radius 3 is 2.69 bits per heavy atom. The smallest absolute Gasteiger partial charge is 0.131 e. The van der Waals surface area contributed by atoms with Gasteiger partial charge in [0.1, 0.15) is 5.82 Å². The Morgan fingerprint density at radius 2 is 2.19 bits per heavy atom. The maximum Gasteiger partial charge on any atom is 0.131 e. The van der Waals surface area contributed by atoms with Crippen molar-refractivity contribution in [1.29, 1.82) is 0 Å². The molecule has 0 radical (unpaired) electrons. The van der Waals surface area contributed by atoms with Gasteiger partial charge in [0.2, 0.25) is 0 Å². The third-order valence-electron chi connectivity index (χ3n) is 2.78. The van der Waals surface area contributed by atoms with Crippen LogP contribution in [-0.2, 0) is 13.6 Å². The lowest BCUT2D eigenvalue weighted by Crippen LogP contribution is -2.28. The molecule has 0 spiro atoms. The van der Waals surface area contributed by atoms with Gasteiger partial charge in [-0.2, -0.15) is 5.10 Å². The number of aryl methyl sites for hydroxylation is 2. The lowest BCUT2D eigenvalue weighted by molar-refractivity contribution is 0.289. The first kappa shape index (κ1) is 13.0. The molecule has 1 rings (SSSR count). The van der Waals surface area contributed by atoms with Gasteiger partial charge in [-0.25, -0.2) is 0 Å². The van der Waals surface area contributed by atoms with Gasteiger partial charge in [0.25, 0.3) is 0 Å². The quantitative estimate of drug-likeness (QED) is 0.736. The van der Waals surface area contributed by atoms with E-state index in [2.05, 4.69) is 16.9 Å². The summed E-state index contributed by atoms with van der Waals surface area (Å²) in [6, 6.07) is 0. The molecule has 16 heavy (non-hydrogen) atoms. The van der Waals surface area contributed by atoms with E-state index in [0.29, 0.717) is 6.54 Å². The molecule has 0 atom stereocenters. The average molecular weight is 226 g/mol. The molecular formula is C11H22N4O. The van der Waals surface area contributed by atoms with E-state index in [1.807, 2.05) is 18.7 Å². The number of anilines is 1. The molecule has 0 unspecified atom stereocenters. The molecule has 1 aromatic rings. The van der Waals surface area contributed by atoms with E-state index in [-0.39, 0.29) is 6.61 Å². The molecule has 5 nitrogen and oxygen atoms in total. The Balaban J connectivity index is 2.98. The minimum Gasteiger partial charge on any atom is -0.396 e. The Hall–Kier alpha value is -1.07. The van der Waals surface area contributed by atoms with E-state index in [1.165, 1.54) is 0 Å². The first-order valence-corrected chi connectivity index (χ1v) is 5.74. The SMILES string of the molecule is CCN(CCCO)c1c(CN)c(C)nn1C. The molecule has 0 aliphatic rings. The Morgan fingerprint density at radius 1 is 1.50 bits per heavy atom. The zero-order chi connectivity index (χ0) is 12.1. The van der Waals surface area contributed by atoms with Gasteiger partial charge in [-0.05, 0) is 20.3 Å². The van der Waals surface area contributed by atoms with E-state index in [9.17, 15) is 0 Å². The molecule has 0 fully saturated rings. The molecule has 0 bridgehead atoms. The van der Waals surface area contributed by atoms with Crippen LogP contribution in [0.5, 0.6) is 0 Å². The number of aromatic nitrogens is 2. The molecule has 1 aromatic heterocycles. The van der Waals surface area contributed by atoms with Crippen molar-refractivity contribution in [1.82, 2.24) is 9.78 Å². The summed E-state index contributed by atoms with van der Waals surface area (Å²) in [5, 5.41) is 13.3. The van der Waals surface area contributed by atoms with E-state index in [1.54, 1.807) is 0 Å². The Labute approximate surface area is 96.9 Å². The van der Waals surface area contributed by atoms with Crippen LogP contribution in [0, 0.1) is 6.92 Å². The molecule has 1 heterocycles. The first-order valence-electron chi connectivity index (χ1n) is 5.74. The summed E-state index contributed by atoms with van der Waals surface area (Å²) < 4.78 is 1.87. The van der Waals surface area contributed by atoms with Crippen LogP contribution in [0.4, 0.5) is 5.82 Å². The van der Waals surface area contributed by atoms with Crippen LogP contribution in [0.3, 0.4) is 0 Å². The highest BCUT2D eigenvalue weighted by atomic mass is 16.3. The summed E-state index contributed by atoms with van der Waals surface area (Å²) in [5.74, 6) is 1.08.